The van der Waals surface area contributed by atoms with Crippen molar-refractivity contribution in [3.05, 3.63) is 24.3 Å². The van der Waals surface area contributed by atoms with E-state index in [2.05, 4.69) is 5.32 Å². The quantitative estimate of drug-likeness (QED) is 0.260. The van der Waals surface area contributed by atoms with Gasteiger partial charge in [0.2, 0.25) is 5.91 Å². The summed E-state index contributed by atoms with van der Waals surface area (Å²) in [5, 5.41) is 2.71. The Balaban J connectivity index is 2.95. The summed E-state index contributed by atoms with van der Waals surface area (Å²) in [6.45, 7) is 20.5. The lowest BCUT2D eigenvalue weighted by Gasteiger charge is -2.42. The Morgan fingerprint density at radius 3 is 1.88 bits per heavy atom. The minimum atomic E-state index is -4.34. The average molecular weight is 584 g/mol. The maximum absolute atomic E-state index is 13.3. The summed E-state index contributed by atoms with van der Waals surface area (Å²) in [4.78, 5) is 38.7. The molecule has 9 nitrogen and oxygen atoms in total. The van der Waals surface area contributed by atoms with Gasteiger partial charge in [-0.15, -0.1) is 0 Å². The van der Waals surface area contributed by atoms with Crippen LogP contribution in [0.1, 0.15) is 95.4 Å². The third-order valence-electron chi connectivity index (χ3n) is 7.23. The molecule has 2 atom stereocenters. The van der Waals surface area contributed by atoms with Crippen LogP contribution in [0.3, 0.4) is 0 Å². The van der Waals surface area contributed by atoms with Crippen LogP contribution < -0.4 is 5.32 Å². The zero-order valence-electron chi connectivity index (χ0n) is 26.0. The van der Waals surface area contributed by atoms with Gasteiger partial charge >= 0.3 is 0 Å². The van der Waals surface area contributed by atoms with E-state index in [-0.39, 0.29) is 47.7 Å². The van der Waals surface area contributed by atoms with Crippen LogP contribution in [-0.4, -0.2) is 54.4 Å². The topological polar surface area (TPSA) is 136 Å². The van der Waals surface area contributed by atoms with Crippen LogP contribution in [0.2, 0.25) is 0 Å². The predicted octanol–water partition coefficient (Wildman–Crippen LogP) is 5.87. The van der Waals surface area contributed by atoms with Gasteiger partial charge in [-0.1, -0.05) is 34.6 Å². The summed E-state index contributed by atoms with van der Waals surface area (Å²) in [6.07, 6.45) is 0.0230. The Kier molecular flexibility index (Phi) is 11.9. The molecular weight excluding hydrogens is 534 g/mol. The van der Waals surface area contributed by atoms with Crippen LogP contribution in [0.4, 0.5) is 5.69 Å². The second kappa shape index (κ2) is 13.2. The van der Waals surface area contributed by atoms with Crippen LogP contribution in [0.5, 0.6) is 0 Å². The van der Waals surface area contributed by atoms with Gasteiger partial charge in [-0.2, -0.15) is 8.42 Å². The average Bonchev–Trinajstić information content (AvgIpc) is 2.76. The number of amides is 1. The molecule has 0 aromatic heterocycles. The summed E-state index contributed by atoms with van der Waals surface area (Å²) in [7, 11) is -4.34. The molecule has 0 aliphatic heterocycles. The van der Waals surface area contributed by atoms with Crippen LogP contribution in [0.25, 0.3) is 0 Å². The number of ether oxygens (including phenoxy) is 2. The maximum atomic E-state index is 13.3. The van der Waals surface area contributed by atoms with Crippen molar-refractivity contribution in [1.29, 1.82) is 0 Å². The van der Waals surface area contributed by atoms with E-state index in [1.807, 2.05) is 69.2 Å². The fourth-order valence-electron chi connectivity index (χ4n) is 4.08. The SMILES string of the molecule is CC(OC(C)(C)C)C(=O)C(C)(C)C(C)(C)OCCC(CC(=O)Nc1ccc(S(=O)(=O)O)cc1)CC(=O)C(C)(C)C. The van der Waals surface area contributed by atoms with Crippen molar-refractivity contribution in [3.63, 3.8) is 0 Å². The Morgan fingerprint density at radius 2 is 1.43 bits per heavy atom. The van der Waals surface area contributed by atoms with Gasteiger partial charge < -0.3 is 14.8 Å². The molecule has 1 amide bonds. The molecule has 0 radical (unpaired) electrons. The van der Waals surface area contributed by atoms with Crippen molar-refractivity contribution in [1.82, 2.24) is 0 Å². The molecule has 0 spiro atoms. The first-order valence-corrected chi connectivity index (χ1v) is 15.1. The summed E-state index contributed by atoms with van der Waals surface area (Å²) in [5.74, 6) is -0.715. The van der Waals surface area contributed by atoms with Crippen molar-refractivity contribution in [2.45, 2.75) is 118 Å². The molecule has 0 bridgehead atoms. The van der Waals surface area contributed by atoms with E-state index >= 15 is 0 Å². The lowest BCUT2D eigenvalue weighted by molar-refractivity contribution is -0.166. The number of benzene rings is 1. The molecule has 1 aromatic rings. The number of carbonyl (C=O) groups is 3. The van der Waals surface area contributed by atoms with Gasteiger partial charge in [0.1, 0.15) is 11.9 Å². The number of carbonyl (C=O) groups excluding carboxylic acids is 3. The summed E-state index contributed by atoms with van der Waals surface area (Å²) >= 11 is 0. The minimum absolute atomic E-state index is 0.0192. The Bertz CT molecular complexity index is 1140. The number of hydrogen-bond acceptors (Lipinski definition) is 7. The molecule has 0 heterocycles. The van der Waals surface area contributed by atoms with E-state index in [1.165, 1.54) is 24.3 Å². The molecule has 2 unspecified atom stereocenters. The van der Waals surface area contributed by atoms with Crippen LogP contribution in [-0.2, 0) is 34.0 Å². The molecule has 2 N–H and O–H groups in total. The number of ketones is 2. The lowest BCUT2D eigenvalue weighted by atomic mass is 9.72. The van der Waals surface area contributed by atoms with E-state index in [0.29, 0.717) is 12.1 Å². The van der Waals surface area contributed by atoms with Crippen LogP contribution in [0, 0.1) is 16.7 Å². The van der Waals surface area contributed by atoms with E-state index in [1.54, 1.807) is 6.92 Å². The van der Waals surface area contributed by atoms with Gasteiger partial charge in [-0.3, -0.25) is 18.9 Å². The smallest absolute Gasteiger partial charge is 0.294 e. The highest BCUT2D eigenvalue weighted by molar-refractivity contribution is 7.85. The fourth-order valence-corrected chi connectivity index (χ4v) is 4.56. The molecule has 0 aliphatic carbocycles. The molecule has 10 heteroatoms. The predicted molar refractivity (Wildman–Crippen MR) is 156 cm³/mol. The molecule has 0 aliphatic rings. The highest BCUT2D eigenvalue weighted by Crippen LogP contribution is 2.37. The zero-order chi connectivity index (χ0) is 31.3. The van der Waals surface area contributed by atoms with Crippen molar-refractivity contribution in [2.24, 2.45) is 16.7 Å². The van der Waals surface area contributed by atoms with Crippen molar-refractivity contribution in [2.75, 3.05) is 11.9 Å². The number of Topliss-reactive ketones (excluding diaryl/α,β-unsaturated/α-hetero) is 2. The largest absolute Gasteiger partial charge is 0.375 e. The van der Waals surface area contributed by atoms with Crippen molar-refractivity contribution in [3.8, 4) is 0 Å². The second-order valence-corrected chi connectivity index (χ2v) is 14.9. The minimum Gasteiger partial charge on any atom is -0.375 e. The first-order chi connectivity index (χ1) is 17.9. The zero-order valence-corrected chi connectivity index (χ0v) is 26.8. The first kappa shape index (κ1) is 35.9. The number of anilines is 1. The molecule has 40 heavy (non-hydrogen) atoms. The monoisotopic (exact) mass is 583 g/mol. The summed E-state index contributed by atoms with van der Waals surface area (Å²) in [5.41, 5.74) is -2.40. The molecule has 0 fully saturated rings. The summed E-state index contributed by atoms with van der Waals surface area (Å²) in [6, 6.07) is 5.15. The van der Waals surface area contributed by atoms with E-state index in [0.717, 1.165) is 0 Å². The Labute approximate surface area is 240 Å². The van der Waals surface area contributed by atoms with Gasteiger partial charge in [0.05, 0.1) is 21.5 Å². The van der Waals surface area contributed by atoms with Crippen molar-refractivity contribution >= 4 is 33.3 Å². The maximum Gasteiger partial charge on any atom is 0.294 e. The highest BCUT2D eigenvalue weighted by atomic mass is 32.2. The third-order valence-corrected chi connectivity index (χ3v) is 8.10. The van der Waals surface area contributed by atoms with Gasteiger partial charge in [-0.05, 0) is 78.1 Å². The van der Waals surface area contributed by atoms with Crippen LogP contribution in [0.15, 0.2) is 29.2 Å². The number of nitrogens with one attached hydrogen (secondary N) is 1. The normalized spacial score (nSPS) is 14.9. The lowest BCUT2D eigenvalue weighted by Crippen LogP contribution is -2.51. The Morgan fingerprint density at radius 1 is 0.900 bits per heavy atom. The van der Waals surface area contributed by atoms with Gasteiger partial charge in [0, 0.05) is 30.6 Å². The van der Waals surface area contributed by atoms with Gasteiger partial charge in [0.25, 0.3) is 10.1 Å². The highest BCUT2D eigenvalue weighted by Gasteiger charge is 2.46. The molecule has 228 valence electrons. The third kappa shape index (κ3) is 11.0. The number of hydrogen-bond donors (Lipinski definition) is 2. The number of rotatable bonds is 14. The first-order valence-electron chi connectivity index (χ1n) is 13.6. The molecule has 0 saturated carbocycles. The molecule has 1 aromatic carbocycles. The van der Waals surface area contributed by atoms with Gasteiger partial charge in [0.15, 0.2) is 5.78 Å². The summed E-state index contributed by atoms with van der Waals surface area (Å²) < 4.78 is 43.8. The van der Waals surface area contributed by atoms with E-state index < -0.39 is 38.3 Å². The molecular formula is C30H49NO8S. The fraction of sp³-hybridized carbons (Fsp3) is 0.700. The standard InChI is InChI=1S/C30H49NO8S/c1-20(39-28(5,6)7)26(34)29(8,9)30(10,11)38-17-16-21(18-24(32)27(2,3)4)19-25(33)31-22-12-14-23(15-13-22)40(35,36)37/h12-15,20-21H,16-19H2,1-11H3,(H,31,33)(H,35,36,37). The van der Waals surface area contributed by atoms with Crippen molar-refractivity contribution < 1.29 is 36.8 Å². The van der Waals surface area contributed by atoms with E-state index in [9.17, 15) is 22.8 Å². The Hall–Kier alpha value is -2.14. The van der Waals surface area contributed by atoms with Crippen LogP contribution >= 0.6 is 0 Å². The molecule has 1 rings (SSSR count). The molecule has 0 saturated heterocycles. The van der Waals surface area contributed by atoms with Gasteiger partial charge in [-0.25, -0.2) is 0 Å². The second-order valence-electron chi connectivity index (χ2n) is 13.5. The van der Waals surface area contributed by atoms with E-state index in [4.69, 9.17) is 14.0 Å².